The predicted octanol–water partition coefficient (Wildman–Crippen LogP) is 4.89. The summed E-state index contributed by atoms with van der Waals surface area (Å²) in [5.74, 6) is -0.311. The molecule has 0 aliphatic carbocycles. The van der Waals surface area contributed by atoms with E-state index in [-0.39, 0.29) is 5.91 Å². The van der Waals surface area contributed by atoms with Crippen molar-refractivity contribution in [3.63, 3.8) is 0 Å². The van der Waals surface area contributed by atoms with Gasteiger partial charge in [0.2, 0.25) is 5.13 Å². The zero-order valence-electron chi connectivity index (χ0n) is 10.8. The molecule has 4 nitrogen and oxygen atoms in total. The van der Waals surface area contributed by atoms with Gasteiger partial charge >= 0.3 is 0 Å². The third-order valence-electron chi connectivity index (χ3n) is 2.58. The number of hydrogen-bond acceptors (Lipinski definition) is 5. The highest BCUT2D eigenvalue weighted by molar-refractivity contribution is 7.20. The van der Waals surface area contributed by atoms with Crippen LogP contribution in [0.4, 0.5) is 5.13 Å². The third-order valence-corrected chi connectivity index (χ3v) is 4.97. The van der Waals surface area contributed by atoms with Crippen LogP contribution in [0.5, 0.6) is 0 Å². The van der Waals surface area contributed by atoms with Crippen LogP contribution in [0.3, 0.4) is 0 Å². The first-order valence-electron chi connectivity index (χ1n) is 6.18. The van der Waals surface area contributed by atoms with Crippen molar-refractivity contribution in [1.82, 2.24) is 10.2 Å². The van der Waals surface area contributed by atoms with E-state index in [0.29, 0.717) is 19.4 Å². The highest BCUT2D eigenvalue weighted by Crippen LogP contribution is 2.31. The highest BCUT2D eigenvalue weighted by Gasteiger charge is 2.16. The Hall–Kier alpha value is -0.690. The second kappa shape index (κ2) is 7.36. The number of hydrogen-bond donors (Lipinski definition) is 1. The Morgan fingerprint density at radius 2 is 2.10 bits per heavy atom. The molecular formula is C12H13Cl2N3OS2. The number of amides is 1. The molecule has 2 aromatic rings. The van der Waals surface area contributed by atoms with E-state index < -0.39 is 0 Å². The van der Waals surface area contributed by atoms with Crippen molar-refractivity contribution in [3.05, 3.63) is 25.3 Å². The van der Waals surface area contributed by atoms with E-state index in [1.54, 1.807) is 6.07 Å². The van der Waals surface area contributed by atoms with Gasteiger partial charge in [-0.2, -0.15) is 0 Å². The van der Waals surface area contributed by atoms with E-state index in [2.05, 4.69) is 22.4 Å². The number of halogens is 2. The SMILES string of the molecule is CCCCCc1nnc(NC(=O)c2cc(Cl)sc2Cl)s1. The maximum Gasteiger partial charge on any atom is 0.259 e. The van der Waals surface area contributed by atoms with Crippen molar-refractivity contribution in [2.24, 2.45) is 0 Å². The first-order valence-corrected chi connectivity index (χ1v) is 8.57. The fourth-order valence-corrected chi connectivity index (χ4v) is 3.83. The molecule has 2 aromatic heterocycles. The molecule has 0 aromatic carbocycles. The third kappa shape index (κ3) is 4.15. The van der Waals surface area contributed by atoms with E-state index in [4.69, 9.17) is 23.2 Å². The lowest BCUT2D eigenvalue weighted by molar-refractivity contribution is 0.102. The second-order valence-corrected chi connectivity index (χ2v) is 7.50. The van der Waals surface area contributed by atoms with Crippen LogP contribution < -0.4 is 5.32 Å². The molecule has 1 N–H and O–H groups in total. The van der Waals surface area contributed by atoms with Gasteiger partial charge in [-0.05, 0) is 12.5 Å². The van der Waals surface area contributed by atoms with Crippen LogP contribution in [-0.4, -0.2) is 16.1 Å². The van der Waals surface area contributed by atoms with Gasteiger partial charge in [0.05, 0.1) is 9.90 Å². The van der Waals surface area contributed by atoms with Crippen LogP contribution in [0.2, 0.25) is 8.67 Å². The Morgan fingerprint density at radius 1 is 1.30 bits per heavy atom. The minimum Gasteiger partial charge on any atom is -0.296 e. The molecule has 20 heavy (non-hydrogen) atoms. The van der Waals surface area contributed by atoms with Gasteiger partial charge in [-0.1, -0.05) is 54.3 Å². The molecular weight excluding hydrogens is 337 g/mol. The van der Waals surface area contributed by atoms with Gasteiger partial charge in [0.15, 0.2) is 0 Å². The first kappa shape index (κ1) is 15.7. The Labute approximate surface area is 135 Å². The number of unbranched alkanes of at least 4 members (excludes halogenated alkanes) is 2. The summed E-state index contributed by atoms with van der Waals surface area (Å²) in [4.78, 5) is 12.0. The summed E-state index contributed by atoms with van der Waals surface area (Å²) >= 11 is 14.3. The molecule has 0 aliphatic rings. The molecule has 1 amide bonds. The molecule has 0 aliphatic heterocycles. The van der Waals surface area contributed by atoms with Crippen molar-refractivity contribution in [1.29, 1.82) is 0 Å². The lowest BCUT2D eigenvalue weighted by atomic mass is 10.2. The van der Waals surface area contributed by atoms with E-state index in [1.807, 2.05) is 0 Å². The van der Waals surface area contributed by atoms with Gasteiger partial charge in [-0.15, -0.1) is 21.5 Å². The summed E-state index contributed by atoms with van der Waals surface area (Å²) in [6.07, 6.45) is 4.32. The van der Waals surface area contributed by atoms with Gasteiger partial charge in [-0.3, -0.25) is 10.1 Å². The average Bonchev–Trinajstić information content (AvgIpc) is 2.96. The Kier molecular flexibility index (Phi) is 5.77. The average molecular weight is 350 g/mol. The Bertz CT molecular complexity index is 597. The fourth-order valence-electron chi connectivity index (χ4n) is 1.59. The largest absolute Gasteiger partial charge is 0.296 e. The molecule has 0 bridgehead atoms. The van der Waals surface area contributed by atoms with Crippen molar-refractivity contribution >= 4 is 56.9 Å². The van der Waals surface area contributed by atoms with E-state index in [0.717, 1.165) is 29.2 Å². The first-order chi connectivity index (χ1) is 9.60. The Balaban J connectivity index is 1.96. The normalized spacial score (nSPS) is 10.8. The number of anilines is 1. The molecule has 8 heteroatoms. The maximum absolute atomic E-state index is 12.0. The quantitative estimate of drug-likeness (QED) is 0.755. The summed E-state index contributed by atoms with van der Waals surface area (Å²) in [6.45, 7) is 2.15. The molecule has 0 unspecified atom stereocenters. The number of aromatic nitrogens is 2. The summed E-state index contributed by atoms with van der Waals surface area (Å²) in [5, 5.41) is 12.1. The summed E-state index contributed by atoms with van der Waals surface area (Å²) in [6, 6.07) is 1.55. The smallest absolute Gasteiger partial charge is 0.259 e. The fraction of sp³-hybridized carbons (Fsp3) is 0.417. The van der Waals surface area contributed by atoms with E-state index in [1.165, 1.54) is 24.2 Å². The molecule has 0 fully saturated rings. The number of rotatable bonds is 6. The lowest BCUT2D eigenvalue weighted by Gasteiger charge is -1.98. The molecule has 0 radical (unpaired) electrons. The highest BCUT2D eigenvalue weighted by atomic mass is 35.5. The standard InChI is InChI=1S/C12H13Cl2N3OS2/c1-2-3-4-5-9-16-17-12(20-9)15-11(18)7-6-8(13)19-10(7)14/h6H,2-5H2,1H3,(H,15,17,18). The number of thiophene rings is 1. The minimum atomic E-state index is -0.311. The number of carbonyl (C=O) groups excluding carboxylic acids is 1. The van der Waals surface area contributed by atoms with Crippen LogP contribution in [0.25, 0.3) is 0 Å². The van der Waals surface area contributed by atoms with Gasteiger partial charge in [0.1, 0.15) is 9.34 Å². The van der Waals surface area contributed by atoms with E-state index >= 15 is 0 Å². The van der Waals surface area contributed by atoms with E-state index in [9.17, 15) is 4.79 Å². The second-order valence-electron chi connectivity index (χ2n) is 4.15. The van der Waals surface area contributed by atoms with Gasteiger partial charge in [0, 0.05) is 6.42 Å². The maximum atomic E-state index is 12.0. The summed E-state index contributed by atoms with van der Waals surface area (Å²) in [5.41, 5.74) is 0.365. The van der Waals surface area contributed by atoms with Crippen LogP contribution in [0.15, 0.2) is 6.07 Å². The number of nitrogens with one attached hydrogen (secondary N) is 1. The van der Waals surface area contributed by atoms with Crippen molar-refractivity contribution in [2.45, 2.75) is 32.6 Å². The van der Waals surface area contributed by atoms with Gasteiger partial charge < -0.3 is 0 Å². The van der Waals surface area contributed by atoms with Crippen LogP contribution >= 0.6 is 45.9 Å². The number of carbonyl (C=O) groups is 1. The number of aryl methyl sites for hydroxylation is 1. The summed E-state index contributed by atoms with van der Waals surface area (Å²) < 4.78 is 0.859. The van der Waals surface area contributed by atoms with Crippen LogP contribution in [0.1, 0.15) is 41.6 Å². The lowest BCUT2D eigenvalue weighted by Crippen LogP contribution is -2.11. The van der Waals surface area contributed by atoms with Crippen molar-refractivity contribution < 1.29 is 4.79 Å². The zero-order chi connectivity index (χ0) is 14.5. The molecule has 0 spiro atoms. The minimum absolute atomic E-state index is 0.311. The molecule has 2 heterocycles. The predicted molar refractivity (Wildman–Crippen MR) is 85.4 cm³/mol. The van der Waals surface area contributed by atoms with Crippen molar-refractivity contribution in [2.75, 3.05) is 5.32 Å². The van der Waals surface area contributed by atoms with Crippen LogP contribution in [-0.2, 0) is 6.42 Å². The topological polar surface area (TPSA) is 54.9 Å². The van der Waals surface area contributed by atoms with Gasteiger partial charge in [-0.25, -0.2) is 0 Å². The Morgan fingerprint density at radius 3 is 2.75 bits per heavy atom. The zero-order valence-corrected chi connectivity index (χ0v) is 13.9. The molecule has 2 rings (SSSR count). The summed E-state index contributed by atoms with van der Waals surface area (Å²) in [7, 11) is 0. The van der Waals surface area contributed by atoms with Crippen LogP contribution in [0, 0.1) is 0 Å². The number of nitrogens with zero attached hydrogens (tertiary/aromatic N) is 2. The molecule has 0 saturated carbocycles. The molecule has 0 saturated heterocycles. The van der Waals surface area contributed by atoms with Crippen molar-refractivity contribution in [3.8, 4) is 0 Å². The molecule has 0 atom stereocenters. The molecule has 108 valence electrons. The monoisotopic (exact) mass is 349 g/mol. The van der Waals surface area contributed by atoms with Gasteiger partial charge in [0.25, 0.3) is 5.91 Å².